The molecule has 2 unspecified atom stereocenters. The van der Waals surface area contributed by atoms with Gasteiger partial charge in [0.25, 0.3) is 0 Å². The monoisotopic (exact) mass is 244 g/mol. The molecule has 1 spiro atoms. The van der Waals surface area contributed by atoms with Crippen molar-refractivity contribution < 1.29 is 4.74 Å². The van der Waals surface area contributed by atoms with Crippen LogP contribution in [0.25, 0.3) is 0 Å². The molecule has 18 heavy (non-hydrogen) atoms. The van der Waals surface area contributed by atoms with Crippen LogP contribution in [0.4, 0.5) is 0 Å². The van der Waals surface area contributed by atoms with Crippen molar-refractivity contribution in [2.75, 3.05) is 0 Å². The third kappa shape index (κ3) is 1.35. The SMILES string of the molecule is CC1(C)OC2(CC3CCC(C2)N3)c2cnccc21. The van der Waals surface area contributed by atoms with Crippen molar-refractivity contribution in [2.24, 2.45) is 0 Å². The van der Waals surface area contributed by atoms with Gasteiger partial charge in [-0.3, -0.25) is 4.98 Å². The topological polar surface area (TPSA) is 34.1 Å². The first-order valence-corrected chi connectivity index (χ1v) is 7.00. The van der Waals surface area contributed by atoms with E-state index in [-0.39, 0.29) is 11.2 Å². The summed E-state index contributed by atoms with van der Waals surface area (Å²) in [6.07, 6.45) is 8.72. The zero-order valence-corrected chi connectivity index (χ0v) is 11.1. The summed E-state index contributed by atoms with van der Waals surface area (Å²) in [5.74, 6) is 0. The van der Waals surface area contributed by atoms with Gasteiger partial charge in [0.1, 0.15) is 0 Å². The van der Waals surface area contributed by atoms with Crippen LogP contribution in [0.3, 0.4) is 0 Å². The summed E-state index contributed by atoms with van der Waals surface area (Å²) < 4.78 is 6.55. The first-order chi connectivity index (χ1) is 8.59. The number of nitrogens with one attached hydrogen (secondary N) is 1. The van der Waals surface area contributed by atoms with Crippen molar-refractivity contribution in [3.8, 4) is 0 Å². The van der Waals surface area contributed by atoms with Crippen LogP contribution in [-0.2, 0) is 15.9 Å². The number of nitrogens with zero attached hydrogens (tertiary/aromatic N) is 1. The standard InChI is InChI=1S/C15H20N2O/c1-14(2)12-5-6-16-9-13(12)15(18-14)7-10-3-4-11(8-15)17-10/h5-6,9-11,17H,3-4,7-8H2,1-2H3. The van der Waals surface area contributed by atoms with Crippen LogP contribution in [0.1, 0.15) is 50.7 Å². The quantitative estimate of drug-likeness (QED) is 0.761. The van der Waals surface area contributed by atoms with E-state index in [1.807, 2.05) is 12.4 Å². The summed E-state index contributed by atoms with van der Waals surface area (Å²) in [5, 5.41) is 3.70. The summed E-state index contributed by atoms with van der Waals surface area (Å²) >= 11 is 0. The second-order valence-electron chi connectivity index (χ2n) is 6.57. The Kier molecular flexibility index (Phi) is 2.03. The molecule has 4 rings (SSSR count). The van der Waals surface area contributed by atoms with Gasteiger partial charge in [0.05, 0.1) is 11.2 Å². The van der Waals surface area contributed by atoms with Gasteiger partial charge in [-0.1, -0.05) is 0 Å². The molecule has 4 heterocycles. The molecule has 2 atom stereocenters. The minimum atomic E-state index is -0.172. The Morgan fingerprint density at radius 3 is 2.67 bits per heavy atom. The summed E-state index contributed by atoms with van der Waals surface area (Å²) in [5.41, 5.74) is 2.42. The van der Waals surface area contributed by atoms with Gasteiger partial charge in [0, 0.05) is 30.0 Å². The van der Waals surface area contributed by atoms with E-state index in [1.165, 1.54) is 24.0 Å². The fourth-order valence-electron chi connectivity index (χ4n) is 4.29. The predicted octanol–water partition coefficient (Wildman–Crippen LogP) is 2.46. The molecule has 1 aromatic heterocycles. The molecule has 0 saturated carbocycles. The minimum Gasteiger partial charge on any atom is -0.360 e. The van der Waals surface area contributed by atoms with E-state index in [0.29, 0.717) is 12.1 Å². The summed E-state index contributed by atoms with van der Waals surface area (Å²) in [6, 6.07) is 3.39. The highest BCUT2D eigenvalue weighted by Crippen LogP contribution is 2.54. The number of piperidine rings is 1. The van der Waals surface area contributed by atoms with Gasteiger partial charge in [-0.2, -0.15) is 0 Å². The Morgan fingerprint density at radius 2 is 1.94 bits per heavy atom. The van der Waals surface area contributed by atoms with Gasteiger partial charge < -0.3 is 10.1 Å². The first kappa shape index (κ1) is 10.9. The normalized spacial score (nSPS) is 40.1. The first-order valence-electron chi connectivity index (χ1n) is 7.00. The number of pyridine rings is 1. The number of hydrogen-bond donors (Lipinski definition) is 1. The summed E-state index contributed by atoms with van der Waals surface area (Å²) in [6.45, 7) is 4.37. The highest BCUT2D eigenvalue weighted by molar-refractivity contribution is 5.39. The van der Waals surface area contributed by atoms with Crippen LogP contribution in [0.2, 0.25) is 0 Å². The number of fused-ring (bicyclic) bond motifs is 4. The number of aromatic nitrogens is 1. The van der Waals surface area contributed by atoms with E-state index in [2.05, 4.69) is 30.2 Å². The Bertz CT molecular complexity index is 485. The van der Waals surface area contributed by atoms with Crippen LogP contribution in [0.5, 0.6) is 0 Å². The lowest BCUT2D eigenvalue weighted by atomic mass is 9.81. The van der Waals surface area contributed by atoms with Crippen LogP contribution in [0.15, 0.2) is 18.5 Å². The fraction of sp³-hybridized carbons (Fsp3) is 0.667. The molecule has 2 fully saturated rings. The minimum absolute atomic E-state index is 0.0792. The molecular formula is C15H20N2O. The maximum absolute atomic E-state index is 6.55. The van der Waals surface area contributed by atoms with E-state index in [4.69, 9.17) is 4.74 Å². The molecule has 1 aromatic rings. The molecule has 3 heteroatoms. The van der Waals surface area contributed by atoms with E-state index >= 15 is 0 Å². The molecule has 3 nitrogen and oxygen atoms in total. The second kappa shape index (κ2) is 3.34. The highest BCUT2D eigenvalue weighted by Gasteiger charge is 2.54. The summed E-state index contributed by atoms with van der Waals surface area (Å²) in [4.78, 5) is 4.34. The molecule has 0 aromatic carbocycles. The number of hydrogen-bond acceptors (Lipinski definition) is 3. The van der Waals surface area contributed by atoms with Crippen LogP contribution < -0.4 is 5.32 Å². The maximum Gasteiger partial charge on any atom is 0.0991 e. The van der Waals surface area contributed by atoms with Crippen molar-refractivity contribution in [3.63, 3.8) is 0 Å². The van der Waals surface area contributed by atoms with Crippen molar-refractivity contribution in [1.82, 2.24) is 10.3 Å². The Labute approximate surface area is 108 Å². The van der Waals surface area contributed by atoms with Gasteiger partial charge in [0.15, 0.2) is 0 Å². The van der Waals surface area contributed by atoms with Crippen molar-refractivity contribution in [3.05, 3.63) is 29.6 Å². The van der Waals surface area contributed by atoms with Crippen molar-refractivity contribution >= 4 is 0 Å². The third-order valence-corrected chi connectivity index (χ3v) is 4.90. The fourth-order valence-corrected chi connectivity index (χ4v) is 4.29. The predicted molar refractivity (Wildman–Crippen MR) is 69.2 cm³/mol. The molecule has 2 bridgehead atoms. The lowest BCUT2D eigenvalue weighted by Crippen LogP contribution is -2.47. The Hall–Kier alpha value is -0.930. The van der Waals surface area contributed by atoms with Crippen LogP contribution in [0, 0.1) is 0 Å². The zero-order valence-electron chi connectivity index (χ0n) is 11.1. The lowest BCUT2D eigenvalue weighted by molar-refractivity contribution is -0.146. The number of ether oxygens (including phenoxy) is 1. The van der Waals surface area contributed by atoms with Crippen LogP contribution in [-0.4, -0.2) is 17.1 Å². The van der Waals surface area contributed by atoms with Crippen LogP contribution >= 0.6 is 0 Å². The molecule has 96 valence electrons. The van der Waals surface area contributed by atoms with Gasteiger partial charge in [0.2, 0.25) is 0 Å². The van der Waals surface area contributed by atoms with Gasteiger partial charge in [-0.15, -0.1) is 0 Å². The van der Waals surface area contributed by atoms with Gasteiger partial charge in [-0.05, 0) is 51.2 Å². The van der Waals surface area contributed by atoms with E-state index in [0.717, 1.165) is 12.8 Å². The molecular weight excluding hydrogens is 224 g/mol. The average Bonchev–Trinajstić information content (AvgIpc) is 2.78. The Morgan fingerprint density at radius 1 is 1.22 bits per heavy atom. The smallest absolute Gasteiger partial charge is 0.0991 e. The molecule has 3 aliphatic heterocycles. The largest absolute Gasteiger partial charge is 0.360 e. The highest BCUT2D eigenvalue weighted by atomic mass is 16.5. The third-order valence-electron chi connectivity index (χ3n) is 4.90. The second-order valence-corrected chi connectivity index (χ2v) is 6.57. The molecule has 2 saturated heterocycles. The molecule has 0 amide bonds. The van der Waals surface area contributed by atoms with E-state index < -0.39 is 0 Å². The van der Waals surface area contributed by atoms with Crippen molar-refractivity contribution in [1.29, 1.82) is 0 Å². The average molecular weight is 244 g/mol. The van der Waals surface area contributed by atoms with Gasteiger partial charge >= 0.3 is 0 Å². The molecule has 0 radical (unpaired) electrons. The lowest BCUT2D eigenvalue weighted by Gasteiger charge is -2.39. The maximum atomic E-state index is 6.55. The Balaban J connectivity index is 1.84. The molecule has 3 aliphatic rings. The molecule has 1 N–H and O–H groups in total. The van der Waals surface area contributed by atoms with Crippen molar-refractivity contribution in [2.45, 2.75) is 62.8 Å². The molecule has 0 aliphatic carbocycles. The summed E-state index contributed by atoms with van der Waals surface area (Å²) in [7, 11) is 0. The number of rotatable bonds is 0. The van der Waals surface area contributed by atoms with E-state index in [1.54, 1.807) is 0 Å². The zero-order chi connectivity index (χ0) is 12.4. The van der Waals surface area contributed by atoms with E-state index in [9.17, 15) is 0 Å². The van der Waals surface area contributed by atoms with Gasteiger partial charge in [-0.25, -0.2) is 0 Å².